The maximum atomic E-state index is 11.2. The summed E-state index contributed by atoms with van der Waals surface area (Å²) < 4.78 is 11.2. The summed E-state index contributed by atoms with van der Waals surface area (Å²) in [6.45, 7) is 3.60. The van der Waals surface area contributed by atoms with Crippen molar-refractivity contribution in [2.75, 3.05) is 6.67 Å². The third-order valence-corrected chi connectivity index (χ3v) is 0.288. The molecule has 1 N–H and O–H groups in total. The van der Waals surface area contributed by atoms with Crippen LogP contribution in [-0.4, -0.2) is 17.4 Å². The van der Waals surface area contributed by atoms with Crippen molar-refractivity contribution in [1.82, 2.24) is 0 Å². The predicted octanol–water partition coefficient (Wildman–Crippen LogP) is 0.541. The largest absolute Gasteiger partial charge is 0.387 e. The lowest BCUT2D eigenvalue weighted by atomic mass is 10.2. The van der Waals surface area contributed by atoms with E-state index in [2.05, 4.69) is 6.92 Å². The second kappa shape index (κ2) is 1.56. The Balaban J connectivity index is 3.17. The fourth-order valence-corrected chi connectivity index (χ4v) is 0. The first-order valence-corrected chi connectivity index (χ1v) is 1.70. The molecule has 0 aliphatic rings. The van der Waals surface area contributed by atoms with Crippen LogP contribution in [0, 0.1) is 6.92 Å². The minimum Gasteiger partial charge on any atom is -0.387 e. The molecule has 0 rings (SSSR count). The van der Waals surface area contributed by atoms with E-state index in [1.807, 2.05) is 0 Å². The van der Waals surface area contributed by atoms with E-state index >= 15 is 0 Å². The molecule has 0 aromatic carbocycles. The first kappa shape index (κ1) is 5.89. The average molecular weight is 91.1 g/mol. The van der Waals surface area contributed by atoms with Gasteiger partial charge in [-0.1, -0.05) is 0 Å². The number of halogens is 1. The summed E-state index contributed by atoms with van der Waals surface area (Å²) >= 11 is 0. The summed E-state index contributed by atoms with van der Waals surface area (Å²) in [6, 6.07) is 0. The van der Waals surface area contributed by atoms with Crippen LogP contribution in [0.1, 0.15) is 6.92 Å². The van der Waals surface area contributed by atoms with Gasteiger partial charge in [0.25, 0.3) is 0 Å². The molecule has 1 nitrogen and oxygen atoms in total. The molecular weight excluding hydrogens is 83.0 g/mol. The Labute approximate surface area is 36.8 Å². The standard InChI is InChI=1S/C4H8FO/c1-4(2,6)3-5/h6H,1,3H2,2H3. The highest BCUT2D eigenvalue weighted by atomic mass is 19.1. The van der Waals surface area contributed by atoms with E-state index in [0.29, 0.717) is 0 Å². The zero-order valence-electron chi connectivity index (χ0n) is 3.74. The lowest BCUT2D eigenvalue weighted by Crippen LogP contribution is -2.20. The Kier molecular flexibility index (Phi) is 1.53. The normalized spacial score (nSPS) is 12.0. The van der Waals surface area contributed by atoms with Gasteiger partial charge >= 0.3 is 0 Å². The maximum absolute atomic E-state index is 11.2. The van der Waals surface area contributed by atoms with Gasteiger partial charge in [-0.3, -0.25) is 0 Å². The minimum absolute atomic E-state index is 0.785. The molecule has 0 saturated carbocycles. The summed E-state index contributed by atoms with van der Waals surface area (Å²) in [5, 5.41) is 8.34. The quantitative estimate of drug-likeness (QED) is 0.499. The van der Waals surface area contributed by atoms with Crippen molar-refractivity contribution < 1.29 is 9.50 Å². The number of rotatable bonds is 1. The molecule has 1 atom stereocenters. The van der Waals surface area contributed by atoms with Crippen molar-refractivity contribution in [2.45, 2.75) is 12.5 Å². The Hall–Kier alpha value is -0.110. The van der Waals surface area contributed by atoms with E-state index in [1.54, 1.807) is 0 Å². The molecule has 0 saturated heterocycles. The van der Waals surface area contributed by atoms with E-state index < -0.39 is 12.3 Å². The molecule has 1 radical (unpaired) electrons. The van der Waals surface area contributed by atoms with Crippen LogP contribution in [0.3, 0.4) is 0 Å². The lowest BCUT2D eigenvalue weighted by molar-refractivity contribution is 0.0781. The van der Waals surface area contributed by atoms with E-state index in [9.17, 15) is 4.39 Å². The molecular formula is C4H8FO. The molecule has 1 unspecified atom stereocenters. The molecule has 0 aromatic heterocycles. The van der Waals surface area contributed by atoms with Crippen LogP contribution in [0.25, 0.3) is 0 Å². The smallest absolute Gasteiger partial charge is 0.118 e. The van der Waals surface area contributed by atoms with Gasteiger partial charge in [0.05, 0.1) is 5.60 Å². The monoisotopic (exact) mass is 91.1 g/mol. The lowest BCUT2D eigenvalue weighted by Gasteiger charge is -2.08. The number of aliphatic hydroxyl groups is 1. The molecule has 6 heavy (non-hydrogen) atoms. The van der Waals surface area contributed by atoms with Gasteiger partial charge in [0.2, 0.25) is 0 Å². The van der Waals surface area contributed by atoms with E-state index in [1.165, 1.54) is 6.92 Å². The first-order chi connectivity index (χ1) is 2.56. The van der Waals surface area contributed by atoms with Crippen molar-refractivity contribution in [3.05, 3.63) is 6.92 Å². The SMILES string of the molecule is [CH2]C(C)(O)CF. The van der Waals surface area contributed by atoms with Gasteiger partial charge in [0.1, 0.15) is 6.67 Å². The third-order valence-electron chi connectivity index (χ3n) is 0.288. The summed E-state index contributed by atoms with van der Waals surface area (Å²) in [7, 11) is 0. The average Bonchev–Trinajstić information content (AvgIpc) is 1.35. The van der Waals surface area contributed by atoms with Crippen LogP contribution in [0.5, 0.6) is 0 Å². The van der Waals surface area contributed by atoms with Gasteiger partial charge in [-0.2, -0.15) is 0 Å². The van der Waals surface area contributed by atoms with Crippen molar-refractivity contribution in [3.8, 4) is 0 Å². The van der Waals surface area contributed by atoms with Gasteiger partial charge in [0, 0.05) is 0 Å². The van der Waals surface area contributed by atoms with Gasteiger partial charge < -0.3 is 5.11 Å². The Morgan fingerprint density at radius 2 is 2.17 bits per heavy atom. The highest BCUT2D eigenvalue weighted by Crippen LogP contribution is 1.97. The number of hydrogen-bond donors (Lipinski definition) is 1. The molecule has 0 spiro atoms. The van der Waals surface area contributed by atoms with Gasteiger partial charge in [-0.25, -0.2) is 4.39 Å². The second-order valence-corrected chi connectivity index (χ2v) is 1.63. The summed E-state index contributed by atoms with van der Waals surface area (Å²) in [4.78, 5) is 0. The van der Waals surface area contributed by atoms with E-state index in [4.69, 9.17) is 5.11 Å². The molecule has 2 heteroatoms. The van der Waals surface area contributed by atoms with Crippen LogP contribution in [0.4, 0.5) is 4.39 Å². The third kappa shape index (κ3) is 3.89. The fraction of sp³-hybridized carbons (Fsp3) is 0.750. The molecule has 0 bridgehead atoms. The van der Waals surface area contributed by atoms with E-state index in [-0.39, 0.29) is 0 Å². The fourth-order valence-electron chi connectivity index (χ4n) is 0. The van der Waals surface area contributed by atoms with E-state index in [0.717, 1.165) is 0 Å². The van der Waals surface area contributed by atoms with Crippen LogP contribution in [-0.2, 0) is 0 Å². The second-order valence-electron chi connectivity index (χ2n) is 1.63. The summed E-state index contributed by atoms with van der Waals surface area (Å²) in [5.41, 5.74) is -1.38. The van der Waals surface area contributed by atoms with Crippen molar-refractivity contribution in [2.24, 2.45) is 0 Å². The molecule has 0 fully saturated rings. The molecule has 37 valence electrons. The zero-order chi connectivity index (χ0) is 5.21. The number of alkyl halides is 1. The summed E-state index contributed by atoms with van der Waals surface area (Å²) in [6.07, 6.45) is 0. The Bertz CT molecular complexity index is 37.3. The van der Waals surface area contributed by atoms with Gasteiger partial charge in [0.15, 0.2) is 0 Å². The maximum Gasteiger partial charge on any atom is 0.118 e. The Morgan fingerprint density at radius 1 is 2.00 bits per heavy atom. The molecule has 0 amide bonds. The highest BCUT2D eigenvalue weighted by Gasteiger charge is 2.09. The number of hydrogen-bond acceptors (Lipinski definition) is 1. The first-order valence-electron chi connectivity index (χ1n) is 1.70. The molecule has 0 aliphatic carbocycles. The van der Waals surface area contributed by atoms with Gasteiger partial charge in [-0.15, -0.1) is 0 Å². The van der Waals surface area contributed by atoms with Crippen LogP contribution in [0.15, 0.2) is 0 Å². The van der Waals surface area contributed by atoms with Crippen molar-refractivity contribution >= 4 is 0 Å². The topological polar surface area (TPSA) is 20.2 Å². The zero-order valence-corrected chi connectivity index (χ0v) is 3.74. The van der Waals surface area contributed by atoms with Crippen LogP contribution >= 0.6 is 0 Å². The van der Waals surface area contributed by atoms with Crippen LogP contribution < -0.4 is 0 Å². The van der Waals surface area contributed by atoms with Gasteiger partial charge in [-0.05, 0) is 13.8 Å². The minimum atomic E-state index is -1.38. The molecule has 0 heterocycles. The van der Waals surface area contributed by atoms with Crippen molar-refractivity contribution in [3.63, 3.8) is 0 Å². The molecule has 0 aromatic rings. The van der Waals surface area contributed by atoms with Crippen LogP contribution in [0.2, 0.25) is 0 Å². The Morgan fingerprint density at radius 3 is 2.17 bits per heavy atom. The predicted molar refractivity (Wildman–Crippen MR) is 22.0 cm³/mol. The molecule has 0 aliphatic heterocycles. The highest BCUT2D eigenvalue weighted by molar-refractivity contribution is 4.72. The summed E-state index contributed by atoms with van der Waals surface area (Å²) in [5.74, 6) is 0. The van der Waals surface area contributed by atoms with Crippen molar-refractivity contribution in [1.29, 1.82) is 0 Å².